The van der Waals surface area contributed by atoms with E-state index in [1.807, 2.05) is 13.8 Å². The molecule has 3 aliphatic heterocycles. The molecule has 3 saturated heterocycles. The Hall–Kier alpha value is -0.780. The first kappa shape index (κ1) is 9.45. The summed E-state index contributed by atoms with van der Waals surface area (Å²) in [7, 11) is 0. The van der Waals surface area contributed by atoms with Crippen LogP contribution >= 0.6 is 0 Å². The third-order valence-electron chi connectivity index (χ3n) is 2.84. The highest BCUT2D eigenvalue weighted by molar-refractivity contribution is 5.90. The van der Waals surface area contributed by atoms with Gasteiger partial charge in [-0.05, 0) is 13.8 Å². The van der Waals surface area contributed by atoms with Gasteiger partial charge in [0.1, 0.15) is 6.10 Å². The van der Waals surface area contributed by atoms with E-state index < -0.39 is 12.1 Å². The molecule has 6 heteroatoms. The fraction of sp³-hybridized carbons (Fsp3) is 0.889. The Bertz CT molecular complexity index is 350. The summed E-state index contributed by atoms with van der Waals surface area (Å²) >= 11 is 0. The van der Waals surface area contributed by atoms with E-state index in [4.69, 9.17) is 24.5 Å². The second-order valence-corrected chi connectivity index (χ2v) is 4.37. The van der Waals surface area contributed by atoms with Crippen LogP contribution in [-0.4, -0.2) is 47.5 Å². The molecule has 3 heterocycles. The molecule has 0 unspecified atom stereocenters. The van der Waals surface area contributed by atoms with Crippen molar-refractivity contribution in [2.45, 2.75) is 44.2 Å². The van der Waals surface area contributed by atoms with Gasteiger partial charge in [-0.1, -0.05) is 0 Å². The number of rotatable bonds is 0. The minimum Gasteiger partial charge on any atom is -0.361 e. The van der Waals surface area contributed by atoms with Crippen LogP contribution in [-0.2, 0) is 18.9 Å². The third-order valence-corrected chi connectivity index (χ3v) is 2.84. The molecule has 0 radical (unpaired) electrons. The van der Waals surface area contributed by atoms with Crippen molar-refractivity contribution in [3.8, 4) is 0 Å². The van der Waals surface area contributed by atoms with E-state index in [2.05, 4.69) is 4.79 Å². The van der Waals surface area contributed by atoms with Gasteiger partial charge in [0.2, 0.25) is 0 Å². The van der Waals surface area contributed by atoms with Gasteiger partial charge in [0.15, 0.2) is 24.3 Å². The van der Waals surface area contributed by atoms with E-state index in [9.17, 15) is 0 Å². The first-order valence-corrected chi connectivity index (χ1v) is 4.95. The van der Waals surface area contributed by atoms with Gasteiger partial charge < -0.3 is 24.5 Å². The van der Waals surface area contributed by atoms with Crippen LogP contribution in [0.25, 0.3) is 5.53 Å². The smallest absolute Gasteiger partial charge is 0.331 e. The molecule has 0 aromatic rings. The molecule has 2 bridgehead atoms. The number of nitrogens with zero attached hydrogens (tertiary/aromatic N) is 2. The summed E-state index contributed by atoms with van der Waals surface area (Å²) in [4.78, 5) is 3.24. The van der Waals surface area contributed by atoms with Gasteiger partial charge in [0.05, 0.1) is 6.61 Å². The van der Waals surface area contributed by atoms with Crippen molar-refractivity contribution < 1.29 is 23.7 Å². The summed E-state index contributed by atoms with van der Waals surface area (Å²) in [5.74, 6) is -0.692. The number of hydrogen-bond donors (Lipinski definition) is 0. The van der Waals surface area contributed by atoms with Crippen LogP contribution in [0.3, 0.4) is 0 Å². The molecule has 0 spiro atoms. The van der Waals surface area contributed by atoms with E-state index in [1.165, 1.54) is 0 Å². The van der Waals surface area contributed by atoms with Crippen LogP contribution in [0.4, 0.5) is 0 Å². The van der Waals surface area contributed by atoms with Gasteiger partial charge in [-0.25, -0.2) is 0 Å². The Balaban J connectivity index is 1.98. The second kappa shape index (κ2) is 2.87. The van der Waals surface area contributed by atoms with Crippen molar-refractivity contribution in [2.75, 3.05) is 6.61 Å². The molecule has 15 heavy (non-hydrogen) atoms. The minimum absolute atomic E-state index is 0.307. The van der Waals surface area contributed by atoms with Gasteiger partial charge >= 0.3 is 5.71 Å². The molecule has 3 rings (SSSR count). The third kappa shape index (κ3) is 1.27. The minimum atomic E-state index is -0.692. The lowest BCUT2D eigenvalue weighted by Gasteiger charge is -2.23. The maximum Gasteiger partial charge on any atom is 0.331 e. The number of hydrogen-bond acceptors (Lipinski definition) is 4. The van der Waals surface area contributed by atoms with Crippen LogP contribution in [0.15, 0.2) is 0 Å². The fourth-order valence-corrected chi connectivity index (χ4v) is 2.27. The Labute approximate surface area is 86.7 Å². The molecule has 0 saturated carbocycles. The van der Waals surface area contributed by atoms with Crippen molar-refractivity contribution in [1.29, 1.82) is 0 Å². The highest BCUT2D eigenvalue weighted by Crippen LogP contribution is 2.38. The zero-order chi connectivity index (χ0) is 10.6. The predicted molar refractivity (Wildman–Crippen MR) is 47.1 cm³/mol. The van der Waals surface area contributed by atoms with E-state index in [0.717, 1.165) is 0 Å². The predicted octanol–water partition coefficient (Wildman–Crippen LogP) is -0.0676. The summed E-state index contributed by atoms with van der Waals surface area (Å²) in [6.45, 7) is 4.02. The van der Waals surface area contributed by atoms with E-state index in [1.54, 1.807) is 0 Å². The Kier molecular flexibility index (Phi) is 1.81. The van der Waals surface area contributed by atoms with Crippen molar-refractivity contribution in [3.05, 3.63) is 5.53 Å². The molecule has 6 nitrogen and oxygen atoms in total. The summed E-state index contributed by atoms with van der Waals surface area (Å²) in [6, 6.07) is 0. The fourth-order valence-electron chi connectivity index (χ4n) is 2.27. The first-order chi connectivity index (χ1) is 7.11. The maximum atomic E-state index is 8.95. The molecule has 3 aliphatic rings. The molecule has 0 aliphatic carbocycles. The Morgan fingerprint density at radius 1 is 1.40 bits per heavy atom. The van der Waals surface area contributed by atoms with Crippen molar-refractivity contribution in [1.82, 2.24) is 0 Å². The summed E-state index contributed by atoms with van der Waals surface area (Å²) in [6.07, 6.45) is -1.42. The topological polar surface area (TPSA) is 73.3 Å². The largest absolute Gasteiger partial charge is 0.361 e. The maximum absolute atomic E-state index is 8.95. The van der Waals surface area contributed by atoms with Gasteiger partial charge in [0, 0.05) is 0 Å². The molecule has 3 fully saturated rings. The number of fused-ring (bicyclic) bond motifs is 4. The van der Waals surface area contributed by atoms with Crippen molar-refractivity contribution >= 4 is 5.71 Å². The summed E-state index contributed by atoms with van der Waals surface area (Å²) in [5, 5.41) is 0. The Morgan fingerprint density at radius 2 is 2.20 bits per heavy atom. The lowest BCUT2D eigenvalue weighted by molar-refractivity contribution is -0.184. The molecular weight excluding hydrogens is 200 g/mol. The lowest BCUT2D eigenvalue weighted by Crippen LogP contribution is -2.49. The summed E-state index contributed by atoms with van der Waals surface area (Å²) < 4.78 is 22.2. The molecule has 0 N–H and O–H groups in total. The second-order valence-electron chi connectivity index (χ2n) is 4.37. The lowest BCUT2D eigenvalue weighted by atomic mass is 10.0. The highest BCUT2D eigenvalue weighted by Gasteiger charge is 2.61. The SMILES string of the molecule is CC1(C)O[C@@H]2[C@@H]3OC[C@@H](O3)C(=[N+]=[N-])[C@@H]2O1. The average Bonchev–Trinajstić information content (AvgIpc) is 2.70. The molecule has 82 valence electrons. The van der Waals surface area contributed by atoms with Crippen LogP contribution in [0.1, 0.15) is 13.8 Å². The number of ether oxygens (including phenoxy) is 4. The van der Waals surface area contributed by atoms with E-state index >= 15 is 0 Å². The quantitative estimate of drug-likeness (QED) is 0.416. The Morgan fingerprint density at radius 3 is 2.93 bits per heavy atom. The van der Waals surface area contributed by atoms with Crippen molar-refractivity contribution in [2.24, 2.45) is 0 Å². The first-order valence-electron chi connectivity index (χ1n) is 4.95. The van der Waals surface area contributed by atoms with Gasteiger partial charge in [0.25, 0.3) is 0 Å². The van der Waals surface area contributed by atoms with E-state index in [0.29, 0.717) is 12.3 Å². The van der Waals surface area contributed by atoms with Gasteiger partial charge in [-0.2, -0.15) is 4.79 Å². The average molecular weight is 212 g/mol. The standard InChI is InChI=1S/C9H12N2O4/c1-9(2)14-6-5(11-10)4-3-12-8(13-4)7(6)15-9/h4,6-8H,3H2,1-2H3/t4-,6+,7+,8-/m1/s1. The molecular formula is C9H12N2O4. The van der Waals surface area contributed by atoms with Crippen LogP contribution < -0.4 is 0 Å². The zero-order valence-corrected chi connectivity index (χ0v) is 8.54. The van der Waals surface area contributed by atoms with Crippen LogP contribution in [0.2, 0.25) is 0 Å². The normalized spacial score (nSPS) is 46.4. The zero-order valence-electron chi connectivity index (χ0n) is 8.54. The van der Waals surface area contributed by atoms with E-state index in [-0.39, 0.29) is 18.3 Å². The van der Waals surface area contributed by atoms with Gasteiger partial charge in [-0.15, -0.1) is 0 Å². The van der Waals surface area contributed by atoms with Crippen LogP contribution in [0.5, 0.6) is 0 Å². The van der Waals surface area contributed by atoms with Crippen LogP contribution in [0, 0.1) is 0 Å². The molecule has 0 aromatic heterocycles. The monoisotopic (exact) mass is 212 g/mol. The van der Waals surface area contributed by atoms with Gasteiger partial charge in [-0.3, -0.25) is 0 Å². The highest BCUT2D eigenvalue weighted by atomic mass is 16.8. The molecule has 4 atom stereocenters. The summed E-state index contributed by atoms with van der Waals surface area (Å²) in [5.41, 5.74) is 9.40. The van der Waals surface area contributed by atoms with Crippen molar-refractivity contribution in [3.63, 3.8) is 0 Å². The molecule has 0 aromatic carbocycles. The molecule has 0 amide bonds.